The number of rotatable bonds is 2. The maximum absolute atomic E-state index is 12.8. The van der Waals surface area contributed by atoms with E-state index >= 15 is 0 Å². The molecule has 8 heteroatoms. The van der Waals surface area contributed by atoms with Crippen molar-refractivity contribution in [3.8, 4) is 0 Å². The summed E-state index contributed by atoms with van der Waals surface area (Å²) in [6.45, 7) is 8.43. The summed E-state index contributed by atoms with van der Waals surface area (Å²) in [6.07, 6.45) is 0. The van der Waals surface area contributed by atoms with Crippen LogP contribution in [0.5, 0.6) is 0 Å². The number of thiazole rings is 1. The van der Waals surface area contributed by atoms with Gasteiger partial charge >= 0.3 is 0 Å². The molecule has 0 radical (unpaired) electrons. The van der Waals surface area contributed by atoms with Gasteiger partial charge in [0.05, 0.1) is 26.8 Å². The van der Waals surface area contributed by atoms with Crippen LogP contribution in [0.15, 0.2) is 34.2 Å². The molecule has 4 rings (SSSR count). The summed E-state index contributed by atoms with van der Waals surface area (Å²) in [5.74, 6) is 0.228. The predicted molar refractivity (Wildman–Crippen MR) is 114 cm³/mol. The fraction of sp³-hybridized carbons (Fsp3) is 0.400. The van der Waals surface area contributed by atoms with E-state index < -0.39 is 0 Å². The minimum Gasteiger partial charge on any atom is -0.326 e. The van der Waals surface area contributed by atoms with Crippen LogP contribution >= 0.6 is 23.1 Å². The molecule has 0 aliphatic carbocycles. The van der Waals surface area contributed by atoms with Crippen molar-refractivity contribution in [3.63, 3.8) is 0 Å². The van der Waals surface area contributed by atoms with Crippen LogP contribution in [0, 0.1) is 12.8 Å². The molecule has 0 spiro atoms. The van der Waals surface area contributed by atoms with Crippen molar-refractivity contribution in [3.05, 3.63) is 45.3 Å². The van der Waals surface area contributed by atoms with Gasteiger partial charge in [-0.05, 0) is 25.1 Å². The minimum absolute atomic E-state index is 0.0868. The first kappa shape index (κ1) is 19.1. The monoisotopic (exact) mass is 414 g/mol. The maximum atomic E-state index is 12.8. The second kappa shape index (κ2) is 7.00. The number of nitrogens with one attached hydrogen (secondary N) is 1. The number of hydrogen-bond acceptors (Lipinski definition) is 6. The van der Waals surface area contributed by atoms with Gasteiger partial charge in [0.15, 0.2) is 5.16 Å². The summed E-state index contributed by atoms with van der Waals surface area (Å²) >= 11 is 3.10. The van der Waals surface area contributed by atoms with Crippen LogP contribution in [-0.2, 0) is 16.8 Å². The first-order valence-electron chi connectivity index (χ1n) is 9.14. The van der Waals surface area contributed by atoms with Crippen LogP contribution in [0.25, 0.3) is 10.2 Å². The Morgan fingerprint density at radius 3 is 2.79 bits per heavy atom. The van der Waals surface area contributed by atoms with Gasteiger partial charge in [-0.15, -0.1) is 11.3 Å². The number of anilines is 1. The lowest BCUT2D eigenvalue weighted by atomic mass is 9.92. The molecule has 2 aromatic heterocycles. The summed E-state index contributed by atoms with van der Waals surface area (Å²) in [5, 5.41) is 4.67. The molecule has 1 N–H and O–H groups in total. The molecule has 1 aromatic carbocycles. The Balaban J connectivity index is 1.53. The van der Waals surface area contributed by atoms with E-state index in [-0.39, 0.29) is 22.8 Å². The normalized spacial score (nSPS) is 16.8. The molecule has 28 heavy (non-hydrogen) atoms. The molecule has 1 amide bonds. The molecule has 1 atom stereocenters. The number of carbonyl (C=O) groups excluding carboxylic acids is 1. The van der Waals surface area contributed by atoms with E-state index in [9.17, 15) is 9.59 Å². The molecule has 0 saturated carbocycles. The third kappa shape index (κ3) is 3.71. The van der Waals surface area contributed by atoms with Crippen LogP contribution in [0.2, 0.25) is 0 Å². The first-order chi connectivity index (χ1) is 13.2. The van der Waals surface area contributed by atoms with Crippen molar-refractivity contribution in [2.45, 2.75) is 44.8 Å². The predicted octanol–water partition coefficient (Wildman–Crippen LogP) is 3.82. The summed E-state index contributed by atoms with van der Waals surface area (Å²) in [7, 11) is 0. The van der Waals surface area contributed by atoms with Crippen molar-refractivity contribution < 1.29 is 4.79 Å². The Bertz CT molecular complexity index is 1130. The van der Waals surface area contributed by atoms with Gasteiger partial charge in [-0.3, -0.25) is 14.2 Å². The second-order valence-corrected chi connectivity index (χ2v) is 10.3. The molecule has 0 bridgehead atoms. The summed E-state index contributed by atoms with van der Waals surface area (Å²) < 4.78 is 2.71. The molecule has 3 aromatic rings. The largest absolute Gasteiger partial charge is 0.326 e. The maximum Gasteiger partial charge on any atom is 0.254 e. The molecule has 6 nitrogen and oxygen atoms in total. The van der Waals surface area contributed by atoms with Gasteiger partial charge in [0.2, 0.25) is 5.91 Å². The SMILES string of the molecule is Cc1nc2cc(NC(=O)C3CSc4nc(C(C)(C)C)cc(=O)n4C3)ccc2s1. The number of thioether (sulfide) groups is 1. The lowest BCUT2D eigenvalue weighted by Crippen LogP contribution is -2.37. The van der Waals surface area contributed by atoms with Gasteiger partial charge in [-0.25, -0.2) is 9.97 Å². The van der Waals surface area contributed by atoms with E-state index in [1.807, 2.05) is 45.9 Å². The Morgan fingerprint density at radius 2 is 2.04 bits per heavy atom. The number of aryl methyl sites for hydroxylation is 1. The Labute approximate surface area is 171 Å². The van der Waals surface area contributed by atoms with Crippen molar-refractivity contribution in [1.29, 1.82) is 0 Å². The summed E-state index contributed by atoms with van der Waals surface area (Å²) in [4.78, 5) is 34.5. The molecule has 0 fully saturated rings. The zero-order chi connectivity index (χ0) is 20.1. The van der Waals surface area contributed by atoms with Crippen LogP contribution in [0.1, 0.15) is 31.5 Å². The van der Waals surface area contributed by atoms with E-state index in [4.69, 9.17) is 0 Å². The standard InChI is InChI=1S/C20H22N4O2S2/c1-11-21-14-7-13(5-6-15(14)28-11)22-18(26)12-9-24-17(25)8-16(20(2,3)4)23-19(24)27-10-12/h5-8,12H,9-10H2,1-4H3,(H,22,26). The zero-order valence-electron chi connectivity index (χ0n) is 16.3. The Kier molecular flexibility index (Phi) is 4.79. The lowest BCUT2D eigenvalue weighted by molar-refractivity contribution is -0.119. The molecular weight excluding hydrogens is 392 g/mol. The van der Waals surface area contributed by atoms with Gasteiger partial charge < -0.3 is 5.32 Å². The van der Waals surface area contributed by atoms with Gasteiger partial charge in [-0.2, -0.15) is 0 Å². The van der Waals surface area contributed by atoms with Gasteiger partial charge in [-0.1, -0.05) is 32.5 Å². The number of nitrogens with zero attached hydrogens (tertiary/aromatic N) is 3. The number of benzene rings is 1. The van der Waals surface area contributed by atoms with E-state index in [0.29, 0.717) is 17.5 Å². The quantitative estimate of drug-likeness (QED) is 0.645. The highest BCUT2D eigenvalue weighted by Crippen LogP contribution is 2.29. The molecule has 0 saturated heterocycles. The molecule has 146 valence electrons. The van der Waals surface area contributed by atoms with Crippen LogP contribution in [-0.4, -0.2) is 26.2 Å². The highest BCUT2D eigenvalue weighted by Gasteiger charge is 2.28. The van der Waals surface area contributed by atoms with E-state index in [1.165, 1.54) is 11.8 Å². The third-order valence-electron chi connectivity index (χ3n) is 4.69. The van der Waals surface area contributed by atoms with Crippen LogP contribution < -0.4 is 10.9 Å². The van der Waals surface area contributed by atoms with E-state index in [1.54, 1.807) is 22.0 Å². The van der Waals surface area contributed by atoms with Crippen molar-refractivity contribution in [2.75, 3.05) is 11.1 Å². The lowest BCUT2D eigenvalue weighted by Gasteiger charge is -2.26. The number of fused-ring (bicyclic) bond motifs is 2. The molecule has 1 unspecified atom stereocenters. The molecular formula is C20H22N4O2S2. The summed E-state index contributed by atoms with van der Waals surface area (Å²) in [6, 6.07) is 7.35. The highest BCUT2D eigenvalue weighted by atomic mass is 32.2. The van der Waals surface area contributed by atoms with Crippen molar-refractivity contribution in [1.82, 2.24) is 14.5 Å². The van der Waals surface area contributed by atoms with E-state index in [2.05, 4.69) is 15.3 Å². The average Bonchev–Trinajstić information content (AvgIpc) is 3.00. The fourth-order valence-electron chi connectivity index (χ4n) is 3.12. The molecule has 1 aliphatic rings. The minimum atomic E-state index is -0.287. The number of carbonyl (C=O) groups is 1. The van der Waals surface area contributed by atoms with Gasteiger partial charge in [0.25, 0.3) is 5.56 Å². The second-order valence-electron chi connectivity index (χ2n) is 8.04. The van der Waals surface area contributed by atoms with E-state index in [0.717, 1.165) is 26.6 Å². The van der Waals surface area contributed by atoms with Gasteiger partial charge in [0, 0.05) is 29.5 Å². The number of hydrogen-bond donors (Lipinski definition) is 1. The summed E-state index contributed by atoms with van der Waals surface area (Å²) in [5.41, 5.74) is 2.12. The Morgan fingerprint density at radius 1 is 1.25 bits per heavy atom. The zero-order valence-corrected chi connectivity index (χ0v) is 17.9. The molecule has 3 heterocycles. The smallest absolute Gasteiger partial charge is 0.254 e. The fourth-order valence-corrected chi connectivity index (χ4v) is 5.02. The Hall–Kier alpha value is -2.19. The topological polar surface area (TPSA) is 76.9 Å². The highest BCUT2D eigenvalue weighted by molar-refractivity contribution is 7.99. The van der Waals surface area contributed by atoms with Crippen LogP contribution in [0.3, 0.4) is 0 Å². The average molecular weight is 415 g/mol. The molecule has 1 aliphatic heterocycles. The first-order valence-corrected chi connectivity index (χ1v) is 10.9. The third-order valence-corrected chi connectivity index (χ3v) is 6.78. The number of amides is 1. The van der Waals surface area contributed by atoms with Gasteiger partial charge in [0.1, 0.15) is 0 Å². The van der Waals surface area contributed by atoms with Crippen LogP contribution in [0.4, 0.5) is 5.69 Å². The number of aromatic nitrogens is 3. The van der Waals surface area contributed by atoms with Crippen molar-refractivity contribution >= 4 is 44.9 Å². The van der Waals surface area contributed by atoms with Crippen molar-refractivity contribution in [2.24, 2.45) is 5.92 Å².